The number of halogens is 4. The van der Waals surface area contributed by atoms with Crippen LogP contribution in [0.15, 0.2) is 39.7 Å². The molecule has 8 heteroatoms. The summed E-state index contributed by atoms with van der Waals surface area (Å²) < 4.78 is 29.9. The first-order valence-corrected chi connectivity index (χ1v) is 8.89. The molecule has 0 heterocycles. The molecule has 2 aromatic carbocycles. The average molecular weight is 431 g/mol. The van der Waals surface area contributed by atoms with Crippen LogP contribution in [0.4, 0.5) is 0 Å². The van der Waals surface area contributed by atoms with Crippen molar-refractivity contribution in [1.29, 1.82) is 0 Å². The number of aryl methyl sites for hydroxylation is 1. The van der Waals surface area contributed by atoms with Gasteiger partial charge in [0.2, 0.25) is 0 Å². The molecule has 3 nitrogen and oxygen atoms in total. The summed E-state index contributed by atoms with van der Waals surface area (Å²) in [4.78, 5) is -0.107. The fraction of sp³-hybridized carbons (Fsp3) is 0.0769. The molecule has 0 fully saturated rings. The van der Waals surface area contributed by atoms with Gasteiger partial charge in [-0.15, -0.1) is 0 Å². The minimum atomic E-state index is -4.05. The van der Waals surface area contributed by atoms with Crippen molar-refractivity contribution < 1.29 is 12.6 Å². The summed E-state index contributed by atoms with van der Waals surface area (Å²) in [5.41, 5.74) is 0.706. The van der Waals surface area contributed by atoms with Crippen molar-refractivity contribution in [3.05, 3.63) is 55.4 Å². The topological polar surface area (TPSA) is 43.4 Å². The summed E-state index contributed by atoms with van der Waals surface area (Å²) in [6.07, 6.45) is 0. The summed E-state index contributed by atoms with van der Waals surface area (Å²) in [6, 6.07) is 7.19. The van der Waals surface area contributed by atoms with Crippen molar-refractivity contribution in [2.75, 3.05) is 0 Å². The van der Waals surface area contributed by atoms with E-state index < -0.39 is 10.1 Å². The minimum absolute atomic E-state index is 0.107. The molecule has 0 saturated heterocycles. The molecule has 0 aliphatic heterocycles. The van der Waals surface area contributed by atoms with Crippen molar-refractivity contribution in [3.63, 3.8) is 0 Å². The first-order valence-electron chi connectivity index (χ1n) is 5.56. The van der Waals surface area contributed by atoms with Crippen molar-refractivity contribution in [1.82, 2.24) is 0 Å². The minimum Gasteiger partial charge on any atom is -0.379 e. The third kappa shape index (κ3) is 3.85. The third-order valence-electron chi connectivity index (χ3n) is 2.58. The monoisotopic (exact) mass is 428 g/mol. The van der Waals surface area contributed by atoms with Gasteiger partial charge in [-0.2, -0.15) is 8.42 Å². The molecule has 0 N–H and O–H groups in total. The lowest BCUT2D eigenvalue weighted by atomic mass is 10.2. The quantitative estimate of drug-likeness (QED) is 0.478. The Morgan fingerprint density at radius 1 is 1.00 bits per heavy atom. The van der Waals surface area contributed by atoms with Gasteiger partial charge in [0.05, 0.1) is 10.0 Å². The Labute approximate surface area is 146 Å². The van der Waals surface area contributed by atoms with Crippen LogP contribution in [0.5, 0.6) is 5.75 Å². The smallest absolute Gasteiger partial charge is 0.340 e. The van der Waals surface area contributed by atoms with Crippen LogP contribution in [0, 0.1) is 6.92 Å². The van der Waals surface area contributed by atoms with Gasteiger partial charge >= 0.3 is 10.1 Å². The maximum absolute atomic E-state index is 12.3. The van der Waals surface area contributed by atoms with Crippen molar-refractivity contribution in [3.8, 4) is 5.75 Å². The summed E-state index contributed by atoms with van der Waals surface area (Å²) >= 11 is 20.7. The van der Waals surface area contributed by atoms with E-state index in [0.29, 0.717) is 10.6 Å². The SMILES string of the molecule is Cc1cc(OS(=O)(=O)c2cc(Cl)c(Cl)cc2Br)ccc1Cl. The number of hydrogen-bond acceptors (Lipinski definition) is 3. The standard InChI is InChI=1S/C13H8BrCl3O3S/c1-7-4-8(2-3-10(7)15)20-21(18,19)13-6-12(17)11(16)5-9(13)14/h2-6H,1H3. The van der Waals surface area contributed by atoms with Crippen molar-refractivity contribution in [2.24, 2.45) is 0 Å². The van der Waals surface area contributed by atoms with Gasteiger partial charge in [0.15, 0.2) is 0 Å². The number of hydrogen-bond donors (Lipinski definition) is 0. The van der Waals surface area contributed by atoms with Gasteiger partial charge in [0.1, 0.15) is 10.6 Å². The van der Waals surface area contributed by atoms with Crippen LogP contribution in [0.25, 0.3) is 0 Å². The Morgan fingerprint density at radius 3 is 2.24 bits per heavy atom. The molecule has 0 spiro atoms. The van der Waals surface area contributed by atoms with Crippen LogP contribution in [0.2, 0.25) is 15.1 Å². The van der Waals surface area contributed by atoms with Gasteiger partial charge in [0.25, 0.3) is 0 Å². The fourth-order valence-corrected chi connectivity index (χ4v) is 4.12. The van der Waals surface area contributed by atoms with E-state index in [1.807, 2.05) is 0 Å². The Kier molecular flexibility index (Phi) is 5.11. The Bertz CT molecular complexity index is 807. The predicted octanol–water partition coefficient (Wildman–Crippen LogP) is 5.49. The van der Waals surface area contributed by atoms with Crippen LogP contribution in [0.1, 0.15) is 5.56 Å². The lowest BCUT2D eigenvalue weighted by Crippen LogP contribution is -2.10. The second-order valence-electron chi connectivity index (χ2n) is 4.15. The zero-order chi connectivity index (χ0) is 15.8. The first-order chi connectivity index (χ1) is 9.70. The Hall–Kier alpha value is -0.460. The number of rotatable bonds is 3. The molecule has 0 saturated carbocycles. The van der Waals surface area contributed by atoms with Gasteiger partial charge < -0.3 is 4.18 Å². The molecular weight excluding hydrogens is 422 g/mol. The van der Waals surface area contributed by atoms with E-state index in [9.17, 15) is 8.42 Å². The molecule has 0 amide bonds. The molecule has 0 aliphatic rings. The fourth-order valence-electron chi connectivity index (χ4n) is 1.54. The zero-order valence-electron chi connectivity index (χ0n) is 10.5. The molecule has 0 radical (unpaired) electrons. The molecule has 21 heavy (non-hydrogen) atoms. The van der Waals surface area contributed by atoms with Crippen molar-refractivity contribution in [2.45, 2.75) is 11.8 Å². The lowest BCUT2D eigenvalue weighted by Gasteiger charge is -2.10. The second kappa shape index (κ2) is 6.34. The van der Waals surface area contributed by atoms with Gasteiger partial charge in [0, 0.05) is 9.50 Å². The van der Waals surface area contributed by atoms with Crippen molar-refractivity contribution >= 4 is 60.9 Å². The Morgan fingerprint density at radius 2 is 1.62 bits per heavy atom. The predicted molar refractivity (Wildman–Crippen MR) is 88.2 cm³/mol. The zero-order valence-corrected chi connectivity index (χ0v) is 15.2. The van der Waals surface area contributed by atoms with E-state index in [4.69, 9.17) is 39.0 Å². The lowest BCUT2D eigenvalue weighted by molar-refractivity contribution is 0.485. The highest BCUT2D eigenvalue weighted by Crippen LogP contribution is 2.33. The summed E-state index contributed by atoms with van der Waals surface area (Å²) in [7, 11) is -4.05. The maximum atomic E-state index is 12.3. The van der Waals surface area contributed by atoms with E-state index in [1.54, 1.807) is 13.0 Å². The molecule has 0 aliphatic carbocycles. The number of benzene rings is 2. The molecule has 0 aromatic heterocycles. The van der Waals surface area contributed by atoms with E-state index in [1.165, 1.54) is 24.3 Å². The van der Waals surface area contributed by atoms with Crippen LogP contribution >= 0.6 is 50.7 Å². The van der Waals surface area contributed by atoms with Gasteiger partial charge in [-0.25, -0.2) is 0 Å². The molecule has 112 valence electrons. The molecular formula is C13H8BrCl3O3S. The Balaban J connectivity index is 2.43. The van der Waals surface area contributed by atoms with Crippen LogP contribution < -0.4 is 4.18 Å². The largest absolute Gasteiger partial charge is 0.379 e. The van der Waals surface area contributed by atoms with E-state index in [-0.39, 0.29) is 25.2 Å². The average Bonchev–Trinajstić information content (AvgIpc) is 2.37. The van der Waals surface area contributed by atoms with Crippen LogP contribution in [0.3, 0.4) is 0 Å². The first kappa shape index (κ1) is 16.9. The summed E-state index contributed by atoms with van der Waals surface area (Å²) in [6.45, 7) is 1.75. The molecule has 2 aromatic rings. The molecule has 0 atom stereocenters. The molecule has 2 rings (SSSR count). The maximum Gasteiger partial charge on any atom is 0.340 e. The highest BCUT2D eigenvalue weighted by Gasteiger charge is 2.22. The third-order valence-corrected chi connectivity index (χ3v) is 5.93. The summed E-state index contributed by atoms with van der Waals surface area (Å²) in [5, 5.41) is 0.884. The normalized spacial score (nSPS) is 11.5. The highest BCUT2D eigenvalue weighted by atomic mass is 79.9. The molecule has 0 unspecified atom stereocenters. The van der Waals surface area contributed by atoms with Gasteiger partial charge in [-0.1, -0.05) is 34.8 Å². The van der Waals surface area contributed by atoms with E-state index in [0.717, 1.165) is 0 Å². The van der Waals surface area contributed by atoms with Gasteiger partial charge in [-0.05, 0) is 58.7 Å². The van der Waals surface area contributed by atoms with Crippen LogP contribution in [-0.2, 0) is 10.1 Å². The molecule has 0 bridgehead atoms. The summed E-state index contributed by atoms with van der Waals surface area (Å²) in [5.74, 6) is 0.162. The van der Waals surface area contributed by atoms with Crippen LogP contribution in [-0.4, -0.2) is 8.42 Å². The van der Waals surface area contributed by atoms with Gasteiger partial charge in [-0.3, -0.25) is 0 Å². The highest BCUT2D eigenvalue weighted by molar-refractivity contribution is 9.10. The second-order valence-corrected chi connectivity index (χ2v) is 7.74. The van der Waals surface area contributed by atoms with E-state index in [2.05, 4.69) is 15.9 Å². The van der Waals surface area contributed by atoms with E-state index >= 15 is 0 Å².